The molecule has 10 amide bonds. The zero-order valence-electron chi connectivity index (χ0n) is 54.9. The van der Waals surface area contributed by atoms with Crippen molar-refractivity contribution in [2.45, 2.75) is 163 Å². The fraction of sp³-hybridized carbons (Fsp3) is 0.565. The number of amides is 10. The third kappa shape index (κ3) is 25.6. The highest BCUT2D eigenvalue weighted by atomic mass is 16.4. The van der Waals surface area contributed by atoms with Crippen LogP contribution >= 0.6 is 0 Å². The van der Waals surface area contributed by atoms with Crippen LogP contribution in [0.3, 0.4) is 0 Å². The van der Waals surface area contributed by atoms with Gasteiger partial charge in [0.25, 0.3) is 0 Å². The Morgan fingerprint density at radius 1 is 0.449 bits per heavy atom. The van der Waals surface area contributed by atoms with Crippen LogP contribution in [0.25, 0.3) is 0 Å². The molecule has 2 aromatic carbocycles. The fourth-order valence-electron chi connectivity index (χ4n) is 11.6. The number of guanidine groups is 4. The zero-order chi connectivity index (χ0) is 71.8. The molecule has 3 aliphatic heterocycles. The van der Waals surface area contributed by atoms with Gasteiger partial charge in [-0.1, -0.05) is 60.7 Å². The number of nitrogens with one attached hydrogen (secondary N) is 7. The number of aliphatic imine (C=N–C) groups is 4. The summed E-state index contributed by atoms with van der Waals surface area (Å²) in [5.74, 6) is -9.51. The molecule has 10 atom stereocenters. The Labute approximate surface area is 567 Å². The Balaban J connectivity index is 1.25. The number of likely N-dealkylation sites (tertiary alicyclic amines) is 3. The summed E-state index contributed by atoms with van der Waals surface area (Å²) >= 11 is 0. The number of carbonyl (C=O) groups is 11. The molecule has 36 nitrogen and oxygen atoms in total. The summed E-state index contributed by atoms with van der Waals surface area (Å²) in [6.45, 7) is -0.891. The molecule has 3 fully saturated rings. The molecule has 3 heterocycles. The van der Waals surface area contributed by atoms with Crippen LogP contribution < -0.4 is 88.8 Å². The highest BCUT2D eigenvalue weighted by Gasteiger charge is 2.45. The van der Waals surface area contributed by atoms with Gasteiger partial charge in [0.15, 0.2) is 23.8 Å². The molecule has 36 heteroatoms. The first kappa shape index (κ1) is 78.3. The van der Waals surface area contributed by atoms with Gasteiger partial charge in [-0.25, -0.2) is 4.79 Å². The van der Waals surface area contributed by atoms with Gasteiger partial charge in [0.05, 0.1) is 19.2 Å². The second-order valence-corrected chi connectivity index (χ2v) is 24.0. The lowest BCUT2D eigenvalue weighted by Gasteiger charge is -2.33. The lowest BCUT2D eigenvalue weighted by molar-refractivity contribution is -0.148. The van der Waals surface area contributed by atoms with Gasteiger partial charge >= 0.3 is 5.97 Å². The molecule has 2 aromatic rings. The van der Waals surface area contributed by atoms with Crippen LogP contribution in [0, 0.1) is 0 Å². The highest BCUT2D eigenvalue weighted by Crippen LogP contribution is 2.27. The van der Waals surface area contributed by atoms with E-state index in [4.69, 9.17) is 51.6 Å². The van der Waals surface area contributed by atoms with Crippen molar-refractivity contribution in [1.29, 1.82) is 0 Å². The van der Waals surface area contributed by atoms with E-state index in [1.54, 1.807) is 60.7 Å². The van der Waals surface area contributed by atoms with Gasteiger partial charge in [-0.2, -0.15) is 0 Å². The maximum absolute atomic E-state index is 14.7. The number of aliphatic carboxylic acids is 1. The molecule has 0 spiro atoms. The van der Waals surface area contributed by atoms with Crippen molar-refractivity contribution in [3.8, 4) is 0 Å². The number of aliphatic hydroxyl groups excluding tert-OH is 1. The normalized spacial score (nSPS) is 17.7. The Bertz CT molecular complexity index is 3160. The minimum Gasteiger partial charge on any atom is -0.480 e. The maximum atomic E-state index is 14.7. The molecule has 98 heavy (non-hydrogen) atoms. The van der Waals surface area contributed by atoms with Crippen molar-refractivity contribution < 1.29 is 63.0 Å². The number of hydrogen-bond acceptors (Lipinski definition) is 17. The number of benzene rings is 2. The summed E-state index contributed by atoms with van der Waals surface area (Å²) in [7, 11) is 0. The molecule has 27 N–H and O–H groups in total. The Morgan fingerprint density at radius 3 is 1.33 bits per heavy atom. The molecule has 0 radical (unpaired) electrons. The quantitative estimate of drug-likeness (QED) is 0.0168. The Morgan fingerprint density at radius 2 is 0.837 bits per heavy atom. The Kier molecular flexibility index (Phi) is 32.1. The average molecular weight is 1370 g/mol. The number of carbonyl (C=O) groups excluding carboxylic acids is 10. The molecule has 538 valence electrons. The summed E-state index contributed by atoms with van der Waals surface area (Å²) in [4.78, 5) is 173. The van der Waals surface area contributed by atoms with Gasteiger partial charge < -0.3 is 114 Å². The summed E-state index contributed by atoms with van der Waals surface area (Å²) in [5, 5.41) is 38.9. The molecule has 0 saturated carbocycles. The van der Waals surface area contributed by atoms with E-state index >= 15 is 0 Å². The summed E-state index contributed by atoms with van der Waals surface area (Å²) < 4.78 is 0. The van der Waals surface area contributed by atoms with E-state index in [2.05, 4.69) is 57.2 Å². The summed E-state index contributed by atoms with van der Waals surface area (Å²) in [5.41, 5.74) is 51.1. The molecule has 3 aliphatic rings. The van der Waals surface area contributed by atoms with Crippen molar-refractivity contribution in [3.63, 3.8) is 0 Å². The van der Waals surface area contributed by atoms with E-state index in [0.29, 0.717) is 36.8 Å². The number of rotatable bonds is 39. The summed E-state index contributed by atoms with van der Waals surface area (Å²) in [6.07, 6.45) is 2.53. The number of nitrogens with zero attached hydrogens (tertiary/aromatic N) is 7. The van der Waals surface area contributed by atoms with Crippen LogP contribution in [0.4, 0.5) is 0 Å². The van der Waals surface area contributed by atoms with Crippen LogP contribution in [0.15, 0.2) is 80.6 Å². The SMILES string of the molecule is NC(N)=NCCC[C@H](NC(=O)[C@H](Cc1ccccc1)NC(=O)[C@@H]1CCCN1C(=O)[C@H](CO)NC(=O)[C@H](Cc1ccccc1)NC(=O)CNC(=O)[C@@H]1CCCN1C(=O)[C@@H]1CCCN1C(=O)[C@H](CCCN=C(N)N)NC(=O)[C@H](CCCN=C(N)N)NC(=O)[C@@H](N)CCCN=C(N)N)C(=O)O. The minimum absolute atomic E-state index is 0.00417. The van der Waals surface area contributed by atoms with E-state index in [1.165, 1.54) is 9.80 Å². The maximum Gasteiger partial charge on any atom is 0.326 e. The van der Waals surface area contributed by atoms with Gasteiger partial charge in [0.2, 0.25) is 59.1 Å². The lowest BCUT2D eigenvalue weighted by Crippen LogP contribution is -2.60. The summed E-state index contributed by atoms with van der Waals surface area (Å²) in [6, 6.07) is 4.49. The molecule has 0 aliphatic carbocycles. The van der Waals surface area contributed by atoms with E-state index in [0.717, 1.165) is 4.90 Å². The van der Waals surface area contributed by atoms with Crippen molar-refractivity contribution in [2.75, 3.05) is 59.0 Å². The van der Waals surface area contributed by atoms with E-state index < -0.39 is 139 Å². The fourth-order valence-corrected chi connectivity index (χ4v) is 11.6. The van der Waals surface area contributed by atoms with Crippen LogP contribution in [-0.2, 0) is 65.6 Å². The van der Waals surface area contributed by atoms with Gasteiger partial charge in [-0.15, -0.1) is 0 Å². The predicted octanol–water partition coefficient (Wildman–Crippen LogP) is -6.91. The number of aliphatic hydroxyl groups is 1. The van der Waals surface area contributed by atoms with Crippen molar-refractivity contribution in [2.24, 2.45) is 71.6 Å². The number of nitrogens with two attached hydrogens (primary N) is 9. The monoisotopic (exact) mass is 1370 g/mol. The van der Waals surface area contributed by atoms with E-state index in [-0.39, 0.29) is 147 Å². The van der Waals surface area contributed by atoms with Gasteiger partial charge in [-0.05, 0) is 101 Å². The van der Waals surface area contributed by atoms with Crippen molar-refractivity contribution in [1.82, 2.24) is 51.9 Å². The number of carboxylic acids is 1. The molecule has 3 saturated heterocycles. The molecule has 0 unspecified atom stereocenters. The van der Waals surface area contributed by atoms with Gasteiger partial charge in [0.1, 0.15) is 54.4 Å². The van der Waals surface area contributed by atoms with Crippen molar-refractivity contribution in [3.05, 3.63) is 71.8 Å². The second-order valence-electron chi connectivity index (χ2n) is 24.0. The van der Waals surface area contributed by atoms with Gasteiger partial charge in [-0.3, -0.25) is 67.9 Å². The van der Waals surface area contributed by atoms with Crippen LogP contribution in [0.5, 0.6) is 0 Å². The van der Waals surface area contributed by atoms with Crippen LogP contribution in [0.1, 0.15) is 101 Å². The number of carboxylic acid groups (broad SMARTS) is 1. The standard InChI is InChI=1S/C62H97N23O13/c63-38(18-7-25-72-59(64)65)49(88)78-39(19-8-26-73-60(66)67)50(89)79-40(20-9-27-74-61(68)69)55(94)85-31-13-24-47(85)57(96)84-30-11-22-45(84)53(92)76-34-48(87)77-42(32-36-14-3-1-4-15-36)51(90)82-44(35-86)56(95)83-29-12-23-46(83)54(93)81-43(33-37-16-5-2-6-17-37)52(91)80-41(58(97)98)21-10-28-75-62(70)71/h1-6,14-17,38-47,86H,7-13,18-35,63H2,(H,76,92)(H,77,87)(H,78,88)(H,79,89)(H,80,91)(H,81,93)(H,82,90)(H,97,98)(H4,64,65,72)(H4,66,67,73)(H4,68,69,74)(H4,70,71,75)/t38-,39-,40-,41-,42-,43-,44-,45-,46-,47-/m0/s1. The van der Waals surface area contributed by atoms with Gasteiger partial charge in [0, 0.05) is 58.7 Å². The Hall–Kier alpha value is -10.4. The van der Waals surface area contributed by atoms with Crippen molar-refractivity contribution >= 4 is 88.9 Å². The molecular formula is C62H97N23O13. The lowest BCUT2D eigenvalue weighted by atomic mass is 10.0. The highest BCUT2D eigenvalue weighted by molar-refractivity contribution is 5.99. The van der Waals surface area contributed by atoms with Crippen LogP contribution in [-0.4, -0.2) is 233 Å². The molecule has 0 bridgehead atoms. The first-order valence-corrected chi connectivity index (χ1v) is 32.7. The topological polar surface area (TPSA) is 606 Å². The average Bonchev–Trinajstić information content (AvgIpc) is 1.65. The van der Waals surface area contributed by atoms with Crippen LogP contribution in [0.2, 0.25) is 0 Å². The first-order chi connectivity index (χ1) is 46.8. The third-order valence-corrected chi connectivity index (χ3v) is 16.6. The molecule has 5 rings (SSSR count). The van der Waals surface area contributed by atoms with E-state index in [1.807, 2.05) is 0 Å². The zero-order valence-corrected chi connectivity index (χ0v) is 54.9. The third-order valence-electron chi connectivity index (χ3n) is 16.6. The predicted molar refractivity (Wildman–Crippen MR) is 361 cm³/mol. The molecule has 0 aromatic heterocycles. The second kappa shape index (κ2) is 40.2. The first-order valence-electron chi connectivity index (χ1n) is 32.7. The minimum atomic E-state index is -1.64. The van der Waals surface area contributed by atoms with E-state index in [9.17, 15) is 63.0 Å². The largest absolute Gasteiger partial charge is 0.480 e. The smallest absolute Gasteiger partial charge is 0.326 e. The molecular weight excluding hydrogens is 1270 g/mol. The number of hydrogen-bond donors (Lipinski definition) is 18.